The van der Waals surface area contributed by atoms with Crippen molar-refractivity contribution in [2.45, 2.75) is 6.10 Å². The van der Waals surface area contributed by atoms with E-state index in [1.54, 1.807) is 42.3 Å². The van der Waals surface area contributed by atoms with Crippen LogP contribution in [-0.4, -0.2) is 14.9 Å². The molecule has 0 spiro atoms. The van der Waals surface area contributed by atoms with Gasteiger partial charge in [0.2, 0.25) is 0 Å². The molecule has 84 valence electrons. The third-order valence-corrected chi connectivity index (χ3v) is 2.62. The first-order valence-corrected chi connectivity index (χ1v) is 5.17. The van der Waals surface area contributed by atoms with E-state index in [0.717, 1.165) is 0 Å². The molecule has 0 saturated carbocycles. The second kappa shape index (κ2) is 4.15. The van der Waals surface area contributed by atoms with E-state index in [-0.39, 0.29) is 0 Å². The molecule has 0 aliphatic heterocycles. The Balaban J connectivity index is 2.40. The van der Waals surface area contributed by atoms with Gasteiger partial charge in [0.1, 0.15) is 6.10 Å². The maximum Gasteiger partial charge on any atom is 0.109 e. The Labute approximate surface area is 98.3 Å². The molecule has 16 heavy (non-hydrogen) atoms. The number of hydrogen-bond acceptors (Lipinski definition) is 3. The van der Waals surface area contributed by atoms with Gasteiger partial charge in [0, 0.05) is 35.1 Å². The molecule has 1 atom stereocenters. The van der Waals surface area contributed by atoms with Crippen molar-refractivity contribution in [2.24, 2.45) is 7.05 Å². The molecule has 0 bridgehead atoms. The molecule has 1 aromatic carbocycles. The number of nitrogen functional groups attached to an aromatic ring is 1. The van der Waals surface area contributed by atoms with Gasteiger partial charge in [-0.25, -0.2) is 0 Å². The quantitative estimate of drug-likeness (QED) is 0.782. The van der Waals surface area contributed by atoms with Gasteiger partial charge in [-0.2, -0.15) is 5.10 Å². The van der Waals surface area contributed by atoms with E-state index in [4.69, 9.17) is 17.3 Å². The molecule has 0 amide bonds. The van der Waals surface area contributed by atoms with Gasteiger partial charge < -0.3 is 10.8 Å². The van der Waals surface area contributed by atoms with Crippen LogP contribution >= 0.6 is 11.6 Å². The first-order valence-electron chi connectivity index (χ1n) is 4.79. The van der Waals surface area contributed by atoms with E-state index in [1.807, 2.05) is 0 Å². The average molecular weight is 238 g/mol. The third kappa shape index (κ3) is 2.03. The summed E-state index contributed by atoms with van der Waals surface area (Å²) in [5, 5.41) is 14.7. The molecule has 0 fully saturated rings. The van der Waals surface area contributed by atoms with Crippen molar-refractivity contribution in [3.63, 3.8) is 0 Å². The highest BCUT2D eigenvalue weighted by Crippen LogP contribution is 2.28. The van der Waals surface area contributed by atoms with Gasteiger partial charge in [0.25, 0.3) is 0 Å². The van der Waals surface area contributed by atoms with Gasteiger partial charge >= 0.3 is 0 Å². The average Bonchev–Trinajstić information content (AvgIpc) is 2.67. The number of halogens is 1. The van der Waals surface area contributed by atoms with Crippen LogP contribution in [0.1, 0.15) is 17.2 Å². The number of nitrogens with two attached hydrogens (primary N) is 1. The lowest BCUT2D eigenvalue weighted by atomic mass is 10.0. The number of hydrogen-bond donors (Lipinski definition) is 2. The summed E-state index contributed by atoms with van der Waals surface area (Å²) in [5.41, 5.74) is 7.59. The minimum Gasteiger partial charge on any atom is -0.398 e. The summed E-state index contributed by atoms with van der Waals surface area (Å²) < 4.78 is 1.62. The molecule has 1 aromatic heterocycles. The van der Waals surface area contributed by atoms with Crippen LogP contribution in [0, 0.1) is 0 Å². The zero-order valence-corrected chi connectivity index (χ0v) is 9.52. The predicted molar refractivity (Wildman–Crippen MR) is 63.1 cm³/mol. The molecule has 0 aliphatic rings. The van der Waals surface area contributed by atoms with Gasteiger partial charge in [-0.15, -0.1) is 0 Å². The summed E-state index contributed by atoms with van der Waals surface area (Å²) >= 11 is 5.87. The molecule has 3 N–H and O–H groups in total. The molecule has 0 aliphatic carbocycles. The fourth-order valence-electron chi connectivity index (χ4n) is 1.54. The van der Waals surface area contributed by atoms with E-state index in [1.165, 1.54) is 0 Å². The smallest absolute Gasteiger partial charge is 0.109 e. The summed E-state index contributed by atoms with van der Waals surface area (Å²) in [4.78, 5) is 0. The Bertz CT molecular complexity index is 510. The summed E-state index contributed by atoms with van der Waals surface area (Å²) in [6.07, 6.45) is 2.54. The number of aryl methyl sites for hydroxylation is 1. The van der Waals surface area contributed by atoms with Crippen LogP contribution in [0.15, 0.2) is 30.6 Å². The summed E-state index contributed by atoms with van der Waals surface area (Å²) in [7, 11) is 1.79. The Kier molecular flexibility index (Phi) is 2.85. The maximum atomic E-state index is 10.1. The van der Waals surface area contributed by atoms with E-state index < -0.39 is 6.10 Å². The number of aliphatic hydroxyl groups excluding tert-OH is 1. The largest absolute Gasteiger partial charge is 0.398 e. The van der Waals surface area contributed by atoms with Crippen LogP contribution in [-0.2, 0) is 7.05 Å². The molecule has 1 heterocycles. The van der Waals surface area contributed by atoms with Gasteiger partial charge in [-0.05, 0) is 18.2 Å². The molecule has 5 heteroatoms. The maximum absolute atomic E-state index is 10.1. The minimum absolute atomic E-state index is 0.515. The first-order chi connectivity index (χ1) is 7.58. The van der Waals surface area contributed by atoms with Crippen molar-refractivity contribution in [3.8, 4) is 0 Å². The SMILES string of the molecule is Cn1cc(C(O)c2cc(Cl)ccc2N)cn1. The van der Waals surface area contributed by atoms with E-state index in [9.17, 15) is 5.11 Å². The summed E-state index contributed by atoms with van der Waals surface area (Å²) in [6, 6.07) is 5.03. The Morgan fingerprint density at radius 1 is 1.50 bits per heavy atom. The molecule has 2 rings (SSSR count). The van der Waals surface area contributed by atoms with Crippen LogP contribution in [0.2, 0.25) is 5.02 Å². The normalized spacial score (nSPS) is 12.7. The molecule has 1 unspecified atom stereocenters. The first kappa shape index (κ1) is 11.0. The summed E-state index contributed by atoms with van der Waals surface area (Å²) in [6.45, 7) is 0. The topological polar surface area (TPSA) is 64.1 Å². The molecule has 0 saturated heterocycles. The van der Waals surface area contributed by atoms with E-state index in [2.05, 4.69) is 5.10 Å². The molecular weight excluding hydrogens is 226 g/mol. The fourth-order valence-corrected chi connectivity index (χ4v) is 1.72. The number of aromatic nitrogens is 2. The van der Waals surface area contributed by atoms with E-state index in [0.29, 0.717) is 21.8 Å². The monoisotopic (exact) mass is 237 g/mol. The van der Waals surface area contributed by atoms with Crippen molar-refractivity contribution in [3.05, 3.63) is 46.7 Å². The van der Waals surface area contributed by atoms with Crippen LogP contribution in [0.3, 0.4) is 0 Å². The Morgan fingerprint density at radius 2 is 2.25 bits per heavy atom. The molecule has 0 radical (unpaired) electrons. The van der Waals surface area contributed by atoms with Crippen molar-refractivity contribution in [1.82, 2.24) is 9.78 Å². The van der Waals surface area contributed by atoms with Crippen molar-refractivity contribution in [1.29, 1.82) is 0 Å². The number of aliphatic hydroxyl groups is 1. The third-order valence-electron chi connectivity index (χ3n) is 2.38. The second-order valence-corrected chi connectivity index (χ2v) is 4.06. The van der Waals surface area contributed by atoms with Crippen LogP contribution in [0.5, 0.6) is 0 Å². The molecular formula is C11H12ClN3O. The van der Waals surface area contributed by atoms with Crippen molar-refractivity contribution >= 4 is 17.3 Å². The number of nitrogens with zero attached hydrogens (tertiary/aromatic N) is 2. The van der Waals surface area contributed by atoms with Gasteiger partial charge in [-0.1, -0.05) is 11.6 Å². The molecule has 2 aromatic rings. The second-order valence-electron chi connectivity index (χ2n) is 3.62. The van der Waals surface area contributed by atoms with Crippen LogP contribution in [0.4, 0.5) is 5.69 Å². The van der Waals surface area contributed by atoms with Crippen LogP contribution in [0.25, 0.3) is 0 Å². The van der Waals surface area contributed by atoms with E-state index >= 15 is 0 Å². The zero-order chi connectivity index (χ0) is 11.7. The zero-order valence-electron chi connectivity index (χ0n) is 8.76. The van der Waals surface area contributed by atoms with Crippen molar-refractivity contribution < 1.29 is 5.11 Å². The minimum atomic E-state index is -0.799. The summed E-state index contributed by atoms with van der Waals surface area (Å²) in [5.74, 6) is 0. The number of anilines is 1. The Morgan fingerprint density at radius 3 is 2.88 bits per heavy atom. The predicted octanol–water partition coefficient (Wildman–Crippen LogP) is 1.74. The van der Waals surface area contributed by atoms with Crippen molar-refractivity contribution in [2.75, 3.05) is 5.73 Å². The standard InChI is InChI=1S/C11H12ClN3O/c1-15-6-7(5-14-15)11(16)9-4-8(12)2-3-10(9)13/h2-6,11,16H,13H2,1H3. The lowest BCUT2D eigenvalue weighted by molar-refractivity contribution is 0.221. The molecule has 4 nitrogen and oxygen atoms in total. The van der Waals surface area contributed by atoms with Gasteiger partial charge in [-0.3, -0.25) is 4.68 Å². The van der Waals surface area contributed by atoms with Crippen LogP contribution < -0.4 is 5.73 Å². The lowest BCUT2D eigenvalue weighted by Crippen LogP contribution is -2.03. The van der Waals surface area contributed by atoms with Gasteiger partial charge in [0.05, 0.1) is 6.20 Å². The number of rotatable bonds is 2. The lowest BCUT2D eigenvalue weighted by Gasteiger charge is -2.11. The highest BCUT2D eigenvalue weighted by Gasteiger charge is 2.15. The Hall–Kier alpha value is -1.52. The highest BCUT2D eigenvalue weighted by molar-refractivity contribution is 6.30. The number of benzene rings is 1. The van der Waals surface area contributed by atoms with Gasteiger partial charge in [0.15, 0.2) is 0 Å². The highest BCUT2D eigenvalue weighted by atomic mass is 35.5. The fraction of sp³-hybridized carbons (Fsp3) is 0.182.